The third-order valence-electron chi connectivity index (χ3n) is 5.59. The van der Waals surface area contributed by atoms with Gasteiger partial charge in [-0.25, -0.2) is 13.5 Å². The van der Waals surface area contributed by atoms with E-state index in [1.807, 2.05) is 24.3 Å². The van der Waals surface area contributed by atoms with Crippen LogP contribution in [0.1, 0.15) is 6.92 Å². The van der Waals surface area contributed by atoms with Gasteiger partial charge in [-0.05, 0) is 37.3 Å². The van der Waals surface area contributed by atoms with Crippen LogP contribution in [0.15, 0.2) is 59.5 Å². The fourth-order valence-electron chi connectivity index (χ4n) is 4.06. The fourth-order valence-corrected chi connectivity index (χ4v) is 4.06. The number of nitrogens with one attached hydrogen (secondary N) is 1. The topological polar surface area (TPSA) is 63.1 Å². The molecule has 0 bridgehead atoms. The van der Waals surface area contributed by atoms with E-state index in [2.05, 4.69) is 21.9 Å². The molecule has 3 heterocycles. The molecule has 6 nitrogen and oxygen atoms in total. The Morgan fingerprint density at radius 2 is 1.84 bits per heavy atom. The lowest BCUT2D eigenvalue weighted by atomic mass is 10.1. The van der Waals surface area contributed by atoms with Crippen molar-refractivity contribution in [3.8, 4) is 16.9 Å². The average molecular weight is 422 g/mol. The van der Waals surface area contributed by atoms with Gasteiger partial charge in [0, 0.05) is 30.0 Å². The summed E-state index contributed by atoms with van der Waals surface area (Å²) in [5.41, 5.74) is 1.72. The highest BCUT2D eigenvalue weighted by molar-refractivity contribution is 5.93. The van der Waals surface area contributed by atoms with Crippen molar-refractivity contribution < 1.29 is 13.5 Å². The highest BCUT2D eigenvalue weighted by atomic mass is 19.1. The minimum atomic E-state index is -0.757. The molecule has 0 saturated carbocycles. The van der Waals surface area contributed by atoms with E-state index >= 15 is 0 Å². The number of aromatic amines is 1. The summed E-state index contributed by atoms with van der Waals surface area (Å²) in [6.07, 6.45) is 1.44. The summed E-state index contributed by atoms with van der Waals surface area (Å²) < 4.78 is 35.6. The summed E-state index contributed by atoms with van der Waals surface area (Å²) >= 11 is 0. The number of hydrogen-bond acceptors (Lipinski definition) is 4. The van der Waals surface area contributed by atoms with Crippen LogP contribution in [0.3, 0.4) is 0 Å². The summed E-state index contributed by atoms with van der Waals surface area (Å²) in [5.74, 6) is -1.51. The van der Waals surface area contributed by atoms with Crippen LogP contribution in [0.4, 0.5) is 14.5 Å². The second kappa shape index (κ2) is 7.63. The zero-order valence-electron chi connectivity index (χ0n) is 16.8. The number of benzene rings is 2. The maximum Gasteiger partial charge on any atom is 0.259 e. The number of para-hydroxylation sites is 1. The van der Waals surface area contributed by atoms with Gasteiger partial charge in [0.1, 0.15) is 11.4 Å². The molecule has 0 unspecified atom stereocenters. The Bertz CT molecular complexity index is 1290. The summed E-state index contributed by atoms with van der Waals surface area (Å²) in [6, 6.07) is 13.1. The molecule has 1 aliphatic rings. The van der Waals surface area contributed by atoms with Crippen LogP contribution in [0.2, 0.25) is 0 Å². The van der Waals surface area contributed by atoms with E-state index in [0.29, 0.717) is 30.0 Å². The molecule has 1 fully saturated rings. The van der Waals surface area contributed by atoms with Crippen LogP contribution in [0.25, 0.3) is 27.8 Å². The summed E-state index contributed by atoms with van der Waals surface area (Å²) in [4.78, 5) is 17.5. The molecule has 1 saturated heterocycles. The van der Waals surface area contributed by atoms with E-state index in [1.165, 1.54) is 12.3 Å². The van der Waals surface area contributed by atoms with Gasteiger partial charge in [0.25, 0.3) is 5.56 Å². The molecule has 5 rings (SSSR count). The van der Waals surface area contributed by atoms with Crippen LogP contribution >= 0.6 is 0 Å². The number of halogens is 2. The van der Waals surface area contributed by atoms with Crippen LogP contribution in [0.5, 0.6) is 0 Å². The Hall–Kier alpha value is -3.52. The molecule has 1 N–H and O–H groups in total. The standard InChI is InChI=1S/C23H20F2N4O2/c1-14-13-31-12-11-28(14)16-7-5-15(6-8-16)21-20-19(9-10-26-23(20)30)29(27-21)22-17(24)3-2-4-18(22)25/h2-10,14H,11-13H2,1H3,(H,26,30)/t14-/m0/s1. The van der Waals surface area contributed by atoms with E-state index in [-0.39, 0.29) is 22.7 Å². The predicted molar refractivity (Wildman–Crippen MR) is 115 cm³/mol. The van der Waals surface area contributed by atoms with Crippen molar-refractivity contribution in [1.82, 2.24) is 14.8 Å². The lowest BCUT2D eigenvalue weighted by Gasteiger charge is -2.35. The van der Waals surface area contributed by atoms with Crippen LogP contribution in [-0.4, -0.2) is 40.6 Å². The van der Waals surface area contributed by atoms with Crippen molar-refractivity contribution in [3.05, 3.63) is 76.7 Å². The highest BCUT2D eigenvalue weighted by Crippen LogP contribution is 2.31. The number of anilines is 1. The third-order valence-corrected chi connectivity index (χ3v) is 5.59. The smallest absolute Gasteiger partial charge is 0.259 e. The molecule has 31 heavy (non-hydrogen) atoms. The fraction of sp³-hybridized carbons (Fsp3) is 0.217. The first kappa shape index (κ1) is 19.4. The SMILES string of the molecule is C[C@H]1COCCN1c1ccc(-c2nn(-c3c(F)cccc3F)c3cc[nH]c(=O)c23)cc1. The maximum atomic E-state index is 14.5. The molecule has 8 heteroatoms. The van der Waals surface area contributed by atoms with Gasteiger partial charge in [-0.15, -0.1) is 0 Å². The van der Waals surface area contributed by atoms with Crippen LogP contribution in [0, 0.1) is 11.6 Å². The van der Waals surface area contributed by atoms with E-state index in [9.17, 15) is 13.6 Å². The molecule has 4 aromatic rings. The van der Waals surface area contributed by atoms with Gasteiger partial charge < -0.3 is 14.6 Å². The van der Waals surface area contributed by atoms with Crippen LogP contribution in [-0.2, 0) is 4.74 Å². The minimum Gasteiger partial charge on any atom is -0.377 e. The number of rotatable bonds is 3. The maximum absolute atomic E-state index is 14.5. The highest BCUT2D eigenvalue weighted by Gasteiger charge is 2.22. The van der Waals surface area contributed by atoms with E-state index in [4.69, 9.17) is 4.74 Å². The third kappa shape index (κ3) is 3.29. The quantitative estimate of drug-likeness (QED) is 0.544. The Morgan fingerprint density at radius 1 is 1.10 bits per heavy atom. The van der Waals surface area contributed by atoms with Crippen molar-refractivity contribution in [1.29, 1.82) is 0 Å². The van der Waals surface area contributed by atoms with Crippen LogP contribution < -0.4 is 10.5 Å². The Morgan fingerprint density at radius 3 is 2.55 bits per heavy atom. The second-order valence-electron chi connectivity index (χ2n) is 7.56. The average Bonchev–Trinajstić information content (AvgIpc) is 3.15. The molecule has 0 radical (unpaired) electrons. The minimum absolute atomic E-state index is 0.256. The molecule has 0 aliphatic carbocycles. The molecule has 0 spiro atoms. The second-order valence-corrected chi connectivity index (χ2v) is 7.56. The number of nitrogens with zero attached hydrogens (tertiary/aromatic N) is 3. The number of fused-ring (bicyclic) bond motifs is 1. The number of H-pyrrole nitrogens is 1. The number of hydrogen-bond donors (Lipinski definition) is 1. The molecular weight excluding hydrogens is 402 g/mol. The largest absolute Gasteiger partial charge is 0.377 e. The zero-order chi connectivity index (χ0) is 21.5. The monoisotopic (exact) mass is 422 g/mol. The Kier molecular flexibility index (Phi) is 4.78. The van der Waals surface area contributed by atoms with Crippen molar-refractivity contribution in [3.63, 3.8) is 0 Å². The first-order valence-electron chi connectivity index (χ1n) is 10.0. The molecule has 158 valence electrons. The van der Waals surface area contributed by atoms with Gasteiger partial charge in [-0.3, -0.25) is 4.79 Å². The first-order valence-corrected chi connectivity index (χ1v) is 10.0. The Labute approximate surface area is 176 Å². The van der Waals surface area contributed by atoms with Gasteiger partial charge in [0.05, 0.1) is 24.1 Å². The van der Waals surface area contributed by atoms with Gasteiger partial charge in [-0.1, -0.05) is 18.2 Å². The summed E-state index contributed by atoms with van der Waals surface area (Å²) in [6.45, 7) is 4.24. The van der Waals surface area contributed by atoms with E-state index < -0.39 is 11.6 Å². The molecule has 1 aliphatic heterocycles. The molecule has 1 atom stereocenters. The number of pyridine rings is 1. The predicted octanol–water partition coefficient (Wildman–Crippen LogP) is 3.88. The van der Waals surface area contributed by atoms with Gasteiger partial charge in [0.2, 0.25) is 0 Å². The lowest BCUT2D eigenvalue weighted by molar-refractivity contribution is 0.0989. The Balaban J connectivity index is 1.65. The van der Waals surface area contributed by atoms with Gasteiger partial charge in [-0.2, -0.15) is 5.10 Å². The number of ether oxygens (including phenoxy) is 1. The lowest BCUT2D eigenvalue weighted by Crippen LogP contribution is -2.43. The van der Waals surface area contributed by atoms with Crippen molar-refractivity contribution in [2.24, 2.45) is 0 Å². The molecule has 0 amide bonds. The molecule has 2 aromatic heterocycles. The summed E-state index contributed by atoms with van der Waals surface area (Å²) in [5, 5.41) is 4.73. The molecular formula is C23H20F2N4O2. The van der Waals surface area contributed by atoms with Crippen molar-refractivity contribution in [2.45, 2.75) is 13.0 Å². The summed E-state index contributed by atoms with van der Waals surface area (Å²) in [7, 11) is 0. The molecule has 2 aromatic carbocycles. The van der Waals surface area contributed by atoms with E-state index in [1.54, 1.807) is 6.07 Å². The first-order chi connectivity index (χ1) is 15.0. The van der Waals surface area contributed by atoms with Gasteiger partial charge >= 0.3 is 0 Å². The number of aromatic nitrogens is 3. The van der Waals surface area contributed by atoms with Gasteiger partial charge in [0.15, 0.2) is 11.6 Å². The number of morpholine rings is 1. The van der Waals surface area contributed by atoms with E-state index in [0.717, 1.165) is 29.0 Å². The zero-order valence-corrected chi connectivity index (χ0v) is 16.8. The van der Waals surface area contributed by atoms with Crippen molar-refractivity contribution >= 4 is 16.6 Å². The normalized spacial score (nSPS) is 16.7. The van der Waals surface area contributed by atoms with Crippen molar-refractivity contribution in [2.75, 3.05) is 24.7 Å².